The Balaban J connectivity index is 2.26. The first-order valence-electron chi connectivity index (χ1n) is 7.06. The van der Waals surface area contributed by atoms with E-state index < -0.39 is 23.8 Å². The van der Waals surface area contributed by atoms with Gasteiger partial charge >= 0.3 is 12.1 Å². The lowest BCUT2D eigenvalue weighted by Crippen LogP contribution is -2.41. The number of fused-ring (bicyclic) bond motifs is 2. The summed E-state index contributed by atoms with van der Waals surface area (Å²) in [6.45, 7) is 1.85. The van der Waals surface area contributed by atoms with Crippen LogP contribution in [0.25, 0.3) is 11.3 Å². The maximum atomic E-state index is 12.9. The van der Waals surface area contributed by atoms with Crippen LogP contribution in [0.4, 0.5) is 13.2 Å². The van der Waals surface area contributed by atoms with Crippen LogP contribution < -0.4 is 10.4 Å². The number of carbonyl (C=O) groups is 1. The van der Waals surface area contributed by atoms with Crippen LogP contribution in [-0.4, -0.2) is 24.9 Å². The van der Waals surface area contributed by atoms with Crippen molar-refractivity contribution in [1.29, 1.82) is 0 Å². The molecule has 0 saturated heterocycles. The van der Waals surface area contributed by atoms with Gasteiger partial charge in [-0.25, -0.2) is 4.79 Å². The maximum Gasteiger partial charge on any atom is 0.416 e. The minimum Gasteiger partial charge on any atom is -0.474 e. The van der Waals surface area contributed by atoms with E-state index in [4.69, 9.17) is 9.47 Å². The van der Waals surface area contributed by atoms with E-state index in [0.717, 1.165) is 12.2 Å². The molecule has 0 spiro atoms. The average molecular weight is 322 g/mol. The van der Waals surface area contributed by atoms with Gasteiger partial charge in [-0.1, -0.05) is 30.3 Å². The number of ether oxygens (including phenoxy) is 2. The van der Waals surface area contributed by atoms with Gasteiger partial charge in [0.2, 0.25) is 5.76 Å². The standard InChI is InChI=1S/C17H13F3O3/c1-2-22-16(21)15-12-6-4-3-5-11(12)13-9-10(17(18,19)20)7-8-14(13)23-15/h3-9,14H,2H2,1H3. The molecule has 0 saturated carbocycles. The van der Waals surface area contributed by atoms with Crippen LogP contribution in [0.3, 0.4) is 0 Å². The predicted molar refractivity (Wildman–Crippen MR) is 77.3 cm³/mol. The molecule has 1 aromatic rings. The van der Waals surface area contributed by atoms with Crippen molar-refractivity contribution >= 4 is 17.3 Å². The number of rotatable bonds is 2. The number of carbonyl (C=O) groups excluding carboxylic acids is 1. The molecule has 1 aromatic carbocycles. The van der Waals surface area contributed by atoms with Crippen LogP contribution in [0.15, 0.2) is 48.1 Å². The highest BCUT2D eigenvalue weighted by Gasteiger charge is 2.36. The molecule has 3 nitrogen and oxygen atoms in total. The van der Waals surface area contributed by atoms with Crippen molar-refractivity contribution in [2.24, 2.45) is 0 Å². The van der Waals surface area contributed by atoms with E-state index in [1.54, 1.807) is 31.2 Å². The van der Waals surface area contributed by atoms with Crippen molar-refractivity contribution in [3.05, 3.63) is 58.5 Å². The lowest BCUT2D eigenvalue weighted by molar-refractivity contribution is -0.139. The van der Waals surface area contributed by atoms with Crippen LogP contribution in [0.2, 0.25) is 0 Å². The molecule has 1 aliphatic carbocycles. The molecule has 1 aliphatic heterocycles. The molecule has 0 fully saturated rings. The summed E-state index contributed by atoms with van der Waals surface area (Å²) in [5, 5.41) is 0.975. The topological polar surface area (TPSA) is 35.5 Å². The van der Waals surface area contributed by atoms with Gasteiger partial charge in [0.05, 0.1) is 12.2 Å². The number of alkyl halides is 3. The fourth-order valence-electron chi connectivity index (χ4n) is 2.58. The smallest absolute Gasteiger partial charge is 0.416 e. The highest BCUT2D eigenvalue weighted by molar-refractivity contribution is 6.07. The van der Waals surface area contributed by atoms with Gasteiger partial charge in [0.25, 0.3) is 0 Å². The van der Waals surface area contributed by atoms with Crippen LogP contribution in [0.5, 0.6) is 0 Å². The third kappa shape index (κ3) is 2.76. The Bertz CT molecular complexity index is 831. The summed E-state index contributed by atoms with van der Waals surface area (Å²) in [7, 11) is 0. The summed E-state index contributed by atoms with van der Waals surface area (Å²) in [6.07, 6.45) is -1.85. The summed E-state index contributed by atoms with van der Waals surface area (Å²) >= 11 is 0. The van der Waals surface area contributed by atoms with Gasteiger partial charge in [0.1, 0.15) is 6.10 Å². The highest BCUT2D eigenvalue weighted by atomic mass is 19.4. The number of halogens is 3. The lowest BCUT2D eigenvalue weighted by Gasteiger charge is -2.26. The number of hydrogen-bond acceptors (Lipinski definition) is 3. The van der Waals surface area contributed by atoms with Crippen LogP contribution in [0, 0.1) is 0 Å². The van der Waals surface area contributed by atoms with Gasteiger partial charge in [-0.05, 0) is 24.3 Å². The fourth-order valence-corrected chi connectivity index (χ4v) is 2.58. The van der Waals surface area contributed by atoms with Gasteiger partial charge in [0, 0.05) is 10.8 Å². The second-order valence-corrected chi connectivity index (χ2v) is 5.05. The molecular formula is C17H13F3O3. The zero-order chi connectivity index (χ0) is 16.6. The first-order valence-corrected chi connectivity index (χ1v) is 7.06. The Kier molecular flexibility index (Phi) is 3.75. The minimum absolute atomic E-state index is 0.0182. The normalized spacial score (nSPS) is 19.5. The number of hydrogen-bond donors (Lipinski definition) is 0. The Morgan fingerprint density at radius 1 is 1.26 bits per heavy atom. The second-order valence-electron chi connectivity index (χ2n) is 5.05. The van der Waals surface area contributed by atoms with Gasteiger partial charge in [-0.15, -0.1) is 0 Å². The quantitative estimate of drug-likeness (QED) is 0.781. The maximum absolute atomic E-state index is 12.9. The summed E-state index contributed by atoms with van der Waals surface area (Å²) in [4.78, 5) is 12.0. The third-order valence-electron chi connectivity index (χ3n) is 3.58. The SMILES string of the molecule is CCOC(=O)C1=c2ccccc2=C2C=C(C(F)(F)F)C=CC2O1. The molecule has 0 amide bonds. The van der Waals surface area contributed by atoms with Crippen molar-refractivity contribution in [2.75, 3.05) is 6.61 Å². The number of esters is 1. The minimum atomic E-state index is -4.44. The Hall–Kier alpha value is -2.50. The summed E-state index contributed by atoms with van der Waals surface area (Å²) in [5.74, 6) is -0.609. The van der Waals surface area contributed by atoms with E-state index in [9.17, 15) is 18.0 Å². The number of allylic oxidation sites excluding steroid dienone is 2. The van der Waals surface area contributed by atoms with E-state index in [1.807, 2.05) is 0 Å². The first kappa shape index (κ1) is 15.4. The number of benzene rings is 1. The molecule has 0 N–H and O–H groups in total. The monoisotopic (exact) mass is 322 g/mol. The molecule has 1 unspecified atom stereocenters. The van der Waals surface area contributed by atoms with Crippen LogP contribution in [0.1, 0.15) is 6.92 Å². The Labute approximate surface area is 130 Å². The summed E-state index contributed by atoms with van der Waals surface area (Å²) < 4.78 is 49.3. The predicted octanol–water partition coefficient (Wildman–Crippen LogP) is 1.97. The van der Waals surface area contributed by atoms with E-state index in [0.29, 0.717) is 16.0 Å². The van der Waals surface area contributed by atoms with E-state index in [-0.39, 0.29) is 12.4 Å². The van der Waals surface area contributed by atoms with Crippen molar-refractivity contribution in [3.63, 3.8) is 0 Å². The summed E-state index contributed by atoms with van der Waals surface area (Å²) in [6, 6.07) is 6.69. The van der Waals surface area contributed by atoms with Crippen molar-refractivity contribution in [2.45, 2.75) is 19.2 Å². The van der Waals surface area contributed by atoms with Gasteiger partial charge in [-0.3, -0.25) is 0 Å². The zero-order valence-corrected chi connectivity index (χ0v) is 12.2. The molecule has 1 heterocycles. The first-order chi connectivity index (χ1) is 10.9. The van der Waals surface area contributed by atoms with Crippen molar-refractivity contribution < 1.29 is 27.4 Å². The molecule has 0 bridgehead atoms. The van der Waals surface area contributed by atoms with Gasteiger partial charge in [0.15, 0.2) is 0 Å². The van der Waals surface area contributed by atoms with Gasteiger partial charge in [-0.2, -0.15) is 13.2 Å². The fraction of sp³-hybridized carbons (Fsp3) is 0.235. The molecule has 6 heteroatoms. The highest BCUT2D eigenvalue weighted by Crippen LogP contribution is 2.33. The van der Waals surface area contributed by atoms with Crippen molar-refractivity contribution in [3.8, 4) is 0 Å². The van der Waals surface area contributed by atoms with Gasteiger partial charge < -0.3 is 9.47 Å². The molecule has 0 aromatic heterocycles. The molecule has 23 heavy (non-hydrogen) atoms. The zero-order valence-electron chi connectivity index (χ0n) is 12.2. The molecule has 3 rings (SSSR count). The third-order valence-corrected chi connectivity index (χ3v) is 3.58. The lowest BCUT2D eigenvalue weighted by atomic mass is 9.94. The van der Waals surface area contributed by atoms with Crippen molar-refractivity contribution in [1.82, 2.24) is 0 Å². The largest absolute Gasteiger partial charge is 0.474 e. The van der Waals surface area contributed by atoms with Crippen LogP contribution >= 0.6 is 0 Å². The van der Waals surface area contributed by atoms with E-state index in [1.165, 1.54) is 6.08 Å². The molecular weight excluding hydrogens is 309 g/mol. The average Bonchev–Trinajstić information content (AvgIpc) is 2.53. The molecule has 120 valence electrons. The molecule has 1 atom stereocenters. The summed E-state index contributed by atoms with van der Waals surface area (Å²) in [5.41, 5.74) is -0.370. The van der Waals surface area contributed by atoms with E-state index >= 15 is 0 Å². The molecule has 2 aliphatic rings. The molecule has 0 radical (unpaired) electrons. The Morgan fingerprint density at radius 3 is 2.61 bits per heavy atom. The van der Waals surface area contributed by atoms with Crippen LogP contribution in [-0.2, 0) is 14.3 Å². The van der Waals surface area contributed by atoms with E-state index in [2.05, 4.69) is 0 Å². The Morgan fingerprint density at radius 2 is 1.96 bits per heavy atom. The second kappa shape index (κ2) is 5.61.